The van der Waals surface area contributed by atoms with E-state index < -0.39 is 5.60 Å². The Balaban J connectivity index is 1.75. The van der Waals surface area contributed by atoms with Gasteiger partial charge in [0.15, 0.2) is 0 Å². The first-order valence-corrected chi connectivity index (χ1v) is 8.70. The Morgan fingerprint density at radius 1 is 1.30 bits per heavy atom. The molecule has 1 saturated heterocycles. The molecule has 1 heterocycles. The molecule has 118 valence electrons. The third-order valence-corrected chi connectivity index (χ3v) is 5.65. The van der Waals surface area contributed by atoms with E-state index in [9.17, 15) is 5.11 Å². The zero-order valence-electron chi connectivity index (χ0n) is 13.7. The van der Waals surface area contributed by atoms with Gasteiger partial charge in [-0.2, -0.15) is 0 Å². The van der Waals surface area contributed by atoms with Gasteiger partial charge in [0.25, 0.3) is 0 Å². The van der Waals surface area contributed by atoms with E-state index in [1.165, 1.54) is 45.3 Å². The first-order valence-electron chi connectivity index (χ1n) is 8.70. The van der Waals surface area contributed by atoms with E-state index in [1.54, 1.807) is 0 Å². The number of nitrogens with zero attached hydrogens (tertiary/aromatic N) is 1. The Morgan fingerprint density at radius 2 is 2.00 bits per heavy atom. The van der Waals surface area contributed by atoms with Gasteiger partial charge >= 0.3 is 0 Å². The van der Waals surface area contributed by atoms with Gasteiger partial charge in [-0.05, 0) is 70.4 Å². The van der Waals surface area contributed by atoms with Crippen molar-refractivity contribution in [1.82, 2.24) is 10.2 Å². The molecule has 0 aromatic rings. The average Bonchev–Trinajstić information content (AvgIpc) is 2.48. The Kier molecular flexibility index (Phi) is 5.88. The highest BCUT2D eigenvalue weighted by Crippen LogP contribution is 2.31. The number of hydrogen-bond donors (Lipinski definition) is 2. The van der Waals surface area contributed by atoms with Crippen LogP contribution < -0.4 is 5.32 Å². The molecule has 1 saturated carbocycles. The van der Waals surface area contributed by atoms with Gasteiger partial charge < -0.3 is 15.3 Å². The van der Waals surface area contributed by atoms with Crippen LogP contribution in [0, 0.1) is 11.8 Å². The lowest BCUT2D eigenvalue weighted by atomic mass is 9.79. The Bertz CT molecular complexity index is 287. The second-order valence-corrected chi connectivity index (χ2v) is 7.37. The number of likely N-dealkylation sites (tertiary alicyclic amines) is 1. The molecule has 3 nitrogen and oxygen atoms in total. The number of aliphatic hydroxyl groups is 1. The minimum absolute atomic E-state index is 0.445. The van der Waals surface area contributed by atoms with Crippen LogP contribution in [0.5, 0.6) is 0 Å². The lowest BCUT2D eigenvalue weighted by Gasteiger charge is -2.39. The molecule has 2 unspecified atom stereocenters. The van der Waals surface area contributed by atoms with Crippen LogP contribution in [-0.2, 0) is 0 Å². The Hall–Kier alpha value is -0.120. The molecule has 0 aromatic heterocycles. The van der Waals surface area contributed by atoms with Crippen molar-refractivity contribution in [3.05, 3.63) is 0 Å². The van der Waals surface area contributed by atoms with Crippen molar-refractivity contribution in [3.63, 3.8) is 0 Å². The summed E-state index contributed by atoms with van der Waals surface area (Å²) in [4.78, 5) is 2.56. The molecule has 0 radical (unpaired) electrons. The van der Waals surface area contributed by atoms with E-state index in [0.29, 0.717) is 6.04 Å². The van der Waals surface area contributed by atoms with Gasteiger partial charge in [-0.25, -0.2) is 0 Å². The molecular weight excluding hydrogens is 248 g/mol. The third kappa shape index (κ3) is 4.44. The maximum Gasteiger partial charge on any atom is 0.0771 e. The molecule has 1 aliphatic carbocycles. The van der Waals surface area contributed by atoms with E-state index in [4.69, 9.17) is 0 Å². The third-order valence-electron chi connectivity index (χ3n) is 5.65. The summed E-state index contributed by atoms with van der Waals surface area (Å²) in [6.45, 7) is 11.3. The lowest BCUT2D eigenvalue weighted by Crippen LogP contribution is -2.50. The molecule has 2 N–H and O–H groups in total. The quantitative estimate of drug-likeness (QED) is 0.814. The van der Waals surface area contributed by atoms with Gasteiger partial charge in [0, 0.05) is 19.1 Å². The first kappa shape index (κ1) is 16.3. The first-order chi connectivity index (χ1) is 9.52. The monoisotopic (exact) mass is 282 g/mol. The van der Waals surface area contributed by atoms with E-state index in [0.717, 1.165) is 31.2 Å². The fraction of sp³-hybridized carbons (Fsp3) is 1.00. The Morgan fingerprint density at radius 3 is 2.65 bits per heavy atom. The van der Waals surface area contributed by atoms with Crippen molar-refractivity contribution in [3.8, 4) is 0 Å². The highest BCUT2D eigenvalue weighted by molar-refractivity contribution is 4.89. The maximum absolute atomic E-state index is 10.7. The summed E-state index contributed by atoms with van der Waals surface area (Å²) >= 11 is 0. The van der Waals surface area contributed by atoms with Crippen LogP contribution in [0.4, 0.5) is 0 Å². The summed E-state index contributed by atoms with van der Waals surface area (Å²) in [5.74, 6) is 1.54. The number of nitrogens with one attached hydrogen (secondary N) is 1. The van der Waals surface area contributed by atoms with E-state index in [-0.39, 0.29) is 0 Å². The highest BCUT2D eigenvalue weighted by atomic mass is 16.3. The molecule has 1 aliphatic heterocycles. The number of rotatable bonds is 5. The van der Waals surface area contributed by atoms with Gasteiger partial charge in [-0.15, -0.1) is 0 Å². The van der Waals surface area contributed by atoms with Crippen LogP contribution >= 0.6 is 0 Å². The van der Waals surface area contributed by atoms with E-state index >= 15 is 0 Å². The van der Waals surface area contributed by atoms with Crippen LogP contribution in [0.25, 0.3) is 0 Å². The predicted molar refractivity (Wildman–Crippen MR) is 84.9 cm³/mol. The normalized spacial score (nSPS) is 37.8. The summed E-state index contributed by atoms with van der Waals surface area (Å²) in [6.07, 6.45) is 6.96. The standard InChI is InChI=1S/C17H34N2O/c1-4-19-11-5-6-16(12-19)15(3)18-13-17(20)9-7-14(2)8-10-17/h14-16,18,20H,4-13H2,1-3H3. The molecule has 2 atom stereocenters. The average molecular weight is 282 g/mol. The van der Waals surface area contributed by atoms with Gasteiger partial charge in [0.1, 0.15) is 0 Å². The second kappa shape index (κ2) is 7.24. The molecule has 2 fully saturated rings. The van der Waals surface area contributed by atoms with Crippen LogP contribution in [-0.4, -0.2) is 47.8 Å². The fourth-order valence-corrected chi connectivity index (χ4v) is 3.78. The molecule has 0 amide bonds. The van der Waals surface area contributed by atoms with Crippen molar-refractivity contribution in [2.75, 3.05) is 26.2 Å². The number of piperidine rings is 1. The van der Waals surface area contributed by atoms with E-state index in [2.05, 4.69) is 31.0 Å². The van der Waals surface area contributed by atoms with Crippen LogP contribution in [0.15, 0.2) is 0 Å². The minimum atomic E-state index is -0.445. The molecule has 0 aromatic carbocycles. The summed E-state index contributed by atoms with van der Waals surface area (Å²) in [5.41, 5.74) is -0.445. The van der Waals surface area contributed by atoms with Gasteiger partial charge in [-0.3, -0.25) is 0 Å². The van der Waals surface area contributed by atoms with E-state index in [1.807, 2.05) is 0 Å². The van der Waals surface area contributed by atoms with Crippen LogP contribution in [0.1, 0.15) is 59.3 Å². The largest absolute Gasteiger partial charge is 0.389 e. The highest BCUT2D eigenvalue weighted by Gasteiger charge is 2.33. The predicted octanol–water partition coefficient (Wildman–Crippen LogP) is 2.64. The van der Waals surface area contributed by atoms with Gasteiger partial charge in [0.2, 0.25) is 0 Å². The second-order valence-electron chi connectivity index (χ2n) is 7.37. The van der Waals surface area contributed by atoms with Crippen molar-refractivity contribution in [2.24, 2.45) is 11.8 Å². The maximum atomic E-state index is 10.7. The topological polar surface area (TPSA) is 35.5 Å². The summed E-state index contributed by atoms with van der Waals surface area (Å²) in [5, 5.41) is 14.3. The van der Waals surface area contributed by atoms with Crippen molar-refractivity contribution in [1.29, 1.82) is 0 Å². The fourth-order valence-electron chi connectivity index (χ4n) is 3.78. The smallest absolute Gasteiger partial charge is 0.0771 e. The minimum Gasteiger partial charge on any atom is -0.389 e. The van der Waals surface area contributed by atoms with Crippen LogP contribution in [0.3, 0.4) is 0 Å². The molecule has 2 rings (SSSR count). The Labute approximate surface area is 125 Å². The molecule has 3 heteroatoms. The molecular formula is C17H34N2O. The van der Waals surface area contributed by atoms with Crippen LogP contribution in [0.2, 0.25) is 0 Å². The van der Waals surface area contributed by atoms with Crippen molar-refractivity contribution in [2.45, 2.75) is 70.9 Å². The molecule has 2 aliphatic rings. The molecule has 20 heavy (non-hydrogen) atoms. The summed E-state index contributed by atoms with van der Waals surface area (Å²) in [6, 6.07) is 0.521. The van der Waals surface area contributed by atoms with Crippen molar-refractivity contribution >= 4 is 0 Å². The SMILES string of the molecule is CCN1CCCC(C(C)NCC2(O)CCC(C)CC2)C1. The van der Waals surface area contributed by atoms with Gasteiger partial charge in [-0.1, -0.05) is 13.8 Å². The molecule has 0 bridgehead atoms. The zero-order chi connectivity index (χ0) is 14.6. The molecule has 0 spiro atoms. The number of hydrogen-bond acceptors (Lipinski definition) is 3. The van der Waals surface area contributed by atoms with Gasteiger partial charge in [0.05, 0.1) is 5.60 Å². The lowest BCUT2D eigenvalue weighted by molar-refractivity contribution is -0.0103. The van der Waals surface area contributed by atoms with Crippen molar-refractivity contribution < 1.29 is 5.11 Å². The summed E-state index contributed by atoms with van der Waals surface area (Å²) in [7, 11) is 0. The summed E-state index contributed by atoms with van der Waals surface area (Å²) < 4.78 is 0. The zero-order valence-corrected chi connectivity index (χ0v) is 13.7.